The third-order valence-corrected chi connectivity index (χ3v) is 3.36. The van der Waals surface area contributed by atoms with Gasteiger partial charge in [-0.25, -0.2) is 9.97 Å². The van der Waals surface area contributed by atoms with E-state index in [1.165, 1.54) is 0 Å². The lowest BCUT2D eigenvalue weighted by Crippen LogP contribution is -2.34. The van der Waals surface area contributed by atoms with Gasteiger partial charge < -0.3 is 9.64 Å². The fourth-order valence-corrected chi connectivity index (χ4v) is 2.10. The van der Waals surface area contributed by atoms with Gasteiger partial charge in [-0.3, -0.25) is 0 Å². The Morgan fingerprint density at radius 2 is 2.11 bits per heavy atom. The summed E-state index contributed by atoms with van der Waals surface area (Å²) in [4.78, 5) is 11.0. The van der Waals surface area contributed by atoms with Gasteiger partial charge in [0.25, 0.3) is 0 Å². The average molecular weight is 286 g/mol. The Balaban J connectivity index is 2.99. The molecule has 0 aliphatic carbocycles. The topological polar surface area (TPSA) is 38.2 Å². The summed E-state index contributed by atoms with van der Waals surface area (Å²) < 4.78 is 5.08. The summed E-state index contributed by atoms with van der Waals surface area (Å²) in [5.74, 6) is 1.53. The molecule has 1 rings (SSSR count). The molecule has 1 atom stereocenters. The van der Waals surface area contributed by atoms with Crippen LogP contribution in [0.25, 0.3) is 0 Å². The van der Waals surface area contributed by atoms with E-state index in [1.807, 2.05) is 6.07 Å². The molecule has 0 fully saturated rings. The molecule has 0 aromatic carbocycles. The van der Waals surface area contributed by atoms with Crippen LogP contribution in [0.2, 0.25) is 5.15 Å². The van der Waals surface area contributed by atoms with Gasteiger partial charge in [-0.15, -0.1) is 0 Å². The number of hydrogen-bond acceptors (Lipinski definition) is 4. The maximum atomic E-state index is 6.08. The van der Waals surface area contributed by atoms with Gasteiger partial charge in [0.1, 0.15) is 17.6 Å². The fourth-order valence-electron chi connectivity index (χ4n) is 1.90. The predicted molar refractivity (Wildman–Crippen MR) is 79.8 cm³/mol. The molecule has 0 amide bonds. The van der Waals surface area contributed by atoms with Crippen LogP contribution in [0.5, 0.6) is 0 Å². The zero-order valence-corrected chi connectivity index (χ0v) is 13.1. The van der Waals surface area contributed by atoms with E-state index in [1.54, 1.807) is 7.11 Å². The van der Waals surface area contributed by atoms with Crippen LogP contribution in [0.3, 0.4) is 0 Å². The predicted octanol–water partition coefficient (Wildman–Crippen LogP) is 3.68. The van der Waals surface area contributed by atoms with Crippen molar-refractivity contribution in [1.82, 2.24) is 9.97 Å². The molecule has 0 aliphatic rings. The largest absolute Gasteiger partial charge is 0.377 e. The molecule has 19 heavy (non-hydrogen) atoms. The van der Waals surface area contributed by atoms with E-state index in [2.05, 4.69) is 35.6 Å². The molecule has 1 aromatic rings. The van der Waals surface area contributed by atoms with Crippen LogP contribution >= 0.6 is 11.6 Å². The highest BCUT2D eigenvalue weighted by Crippen LogP contribution is 2.20. The first kappa shape index (κ1) is 16.2. The monoisotopic (exact) mass is 285 g/mol. The molecular formula is C14H24ClN3O. The van der Waals surface area contributed by atoms with E-state index < -0.39 is 0 Å². The summed E-state index contributed by atoms with van der Waals surface area (Å²) in [5, 5.41) is 0.474. The van der Waals surface area contributed by atoms with Crippen LogP contribution in [0.15, 0.2) is 6.07 Å². The second-order valence-electron chi connectivity index (χ2n) is 4.70. The molecule has 108 valence electrons. The Labute approximate surface area is 121 Å². The number of nitrogens with zero attached hydrogens (tertiary/aromatic N) is 3. The molecule has 0 saturated heterocycles. The number of ether oxygens (including phenoxy) is 1. The fraction of sp³-hybridized carbons (Fsp3) is 0.714. The van der Waals surface area contributed by atoms with E-state index in [9.17, 15) is 0 Å². The summed E-state index contributed by atoms with van der Waals surface area (Å²) in [6.07, 6.45) is 3.38. The number of halogens is 1. The van der Waals surface area contributed by atoms with Crippen molar-refractivity contribution >= 4 is 17.4 Å². The first-order valence-electron chi connectivity index (χ1n) is 6.91. The lowest BCUT2D eigenvalue weighted by atomic mass is 10.2. The van der Waals surface area contributed by atoms with Crippen LogP contribution < -0.4 is 4.90 Å². The van der Waals surface area contributed by atoms with E-state index in [-0.39, 0.29) is 0 Å². The van der Waals surface area contributed by atoms with Crippen molar-refractivity contribution < 1.29 is 4.74 Å². The van der Waals surface area contributed by atoms with Crippen molar-refractivity contribution in [2.24, 2.45) is 0 Å². The standard InChI is InChI=1S/C14H24ClN3O/c1-5-7-8-18(11(3)6-2)14-9-12(15)16-13(17-14)10-19-4/h9,11H,5-8,10H2,1-4H3. The van der Waals surface area contributed by atoms with Gasteiger partial charge in [-0.2, -0.15) is 0 Å². The van der Waals surface area contributed by atoms with E-state index in [0.29, 0.717) is 23.6 Å². The van der Waals surface area contributed by atoms with Crippen molar-refractivity contribution in [2.75, 3.05) is 18.6 Å². The minimum absolute atomic E-state index is 0.385. The molecule has 1 unspecified atom stereocenters. The van der Waals surface area contributed by atoms with Gasteiger partial charge in [-0.1, -0.05) is 31.9 Å². The Morgan fingerprint density at radius 3 is 2.68 bits per heavy atom. The minimum Gasteiger partial charge on any atom is -0.377 e. The smallest absolute Gasteiger partial charge is 0.158 e. The number of unbranched alkanes of at least 4 members (excludes halogenated alkanes) is 1. The molecule has 0 N–H and O–H groups in total. The van der Waals surface area contributed by atoms with Crippen molar-refractivity contribution in [1.29, 1.82) is 0 Å². The molecule has 4 nitrogen and oxygen atoms in total. The van der Waals surface area contributed by atoms with Gasteiger partial charge >= 0.3 is 0 Å². The number of rotatable bonds is 8. The number of aromatic nitrogens is 2. The zero-order chi connectivity index (χ0) is 14.3. The SMILES string of the molecule is CCCCN(c1cc(Cl)nc(COC)n1)C(C)CC. The van der Waals surface area contributed by atoms with Gasteiger partial charge in [0.2, 0.25) is 0 Å². The van der Waals surface area contributed by atoms with Crippen molar-refractivity contribution in [3.05, 3.63) is 17.0 Å². The average Bonchev–Trinajstić information content (AvgIpc) is 2.38. The second kappa shape index (κ2) is 8.33. The Kier molecular flexibility index (Phi) is 7.10. The lowest BCUT2D eigenvalue weighted by molar-refractivity contribution is 0.178. The third kappa shape index (κ3) is 4.96. The second-order valence-corrected chi connectivity index (χ2v) is 5.09. The van der Waals surface area contributed by atoms with Crippen LogP contribution in [-0.2, 0) is 11.3 Å². The highest BCUT2D eigenvalue weighted by Gasteiger charge is 2.15. The minimum atomic E-state index is 0.385. The van der Waals surface area contributed by atoms with Gasteiger partial charge in [0.05, 0.1) is 0 Å². The quantitative estimate of drug-likeness (QED) is 0.683. The molecule has 0 saturated carbocycles. The number of anilines is 1. The van der Waals surface area contributed by atoms with E-state index >= 15 is 0 Å². The Bertz CT molecular complexity index is 387. The molecule has 5 heteroatoms. The Hall–Kier alpha value is -0.870. The molecule has 1 heterocycles. The first-order chi connectivity index (χ1) is 9.12. The van der Waals surface area contributed by atoms with Crippen LogP contribution in [0, 0.1) is 0 Å². The Morgan fingerprint density at radius 1 is 1.37 bits per heavy atom. The lowest BCUT2D eigenvalue weighted by Gasteiger charge is -2.30. The van der Waals surface area contributed by atoms with Crippen molar-refractivity contribution in [3.8, 4) is 0 Å². The summed E-state index contributed by atoms with van der Waals surface area (Å²) in [6, 6.07) is 2.27. The van der Waals surface area contributed by atoms with Gasteiger partial charge in [-0.05, 0) is 19.8 Å². The molecular weight excluding hydrogens is 262 g/mol. The van der Waals surface area contributed by atoms with Gasteiger partial charge in [0.15, 0.2) is 5.82 Å². The number of hydrogen-bond donors (Lipinski definition) is 0. The number of methoxy groups -OCH3 is 1. The van der Waals surface area contributed by atoms with Crippen LogP contribution in [0.4, 0.5) is 5.82 Å². The van der Waals surface area contributed by atoms with Crippen LogP contribution in [0.1, 0.15) is 45.9 Å². The van der Waals surface area contributed by atoms with E-state index in [0.717, 1.165) is 31.6 Å². The van der Waals surface area contributed by atoms with E-state index in [4.69, 9.17) is 16.3 Å². The highest BCUT2D eigenvalue weighted by molar-refractivity contribution is 6.29. The molecule has 0 aliphatic heterocycles. The van der Waals surface area contributed by atoms with Crippen molar-refractivity contribution in [3.63, 3.8) is 0 Å². The van der Waals surface area contributed by atoms with Crippen molar-refractivity contribution in [2.45, 2.75) is 52.7 Å². The highest BCUT2D eigenvalue weighted by atomic mass is 35.5. The normalized spacial score (nSPS) is 12.5. The summed E-state index contributed by atoms with van der Waals surface area (Å²) >= 11 is 6.08. The summed E-state index contributed by atoms with van der Waals surface area (Å²) in [5.41, 5.74) is 0. The molecule has 1 aromatic heterocycles. The third-order valence-electron chi connectivity index (χ3n) is 3.17. The summed E-state index contributed by atoms with van der Waals surface area (Å²) in [7, 11) is 1.63. The zero-order valence-electron chi connectivity index (χ0n) is 12.3. The molecule has 0 bridgehead atoms. The maximum Gasteiger partial charge on any atom is 0.158 e. The van der Waals surface area contributed by atoms with Crippen LogP contribution in [-0.4, -0.2) is 29.7 Å². The van der Waals surface area contributed by atoms with Gasteiger partial charge in [0, 0.05) is 25.8 Å². The maximum absolute atomic E-state index is 6.08. The molecule has 0 radical (unpaired) electrons. The summed E-state index contributed by atoms with van der Waals surface area (Å²) in [6.45, 7) is 7.96. The molecule has 0 spiro atoms. The first-order valence-corrected chi connectivity index (χ1v) is 7.29.